The average molecular weight is 474 g/mol. The number of rotatable bonds is 6. The second kappa shape index (κ2) is 8.76. The van der Waals surface area contributed by atoms with Crippen LogP contribution in [0.2, 0.25) is 0 Å². The molecule has 0 saturated carbocycles. The number of alkyl halides is 3. The lowest BCUT2D eigenvalue weighted by atomic mass is 9.93. The van der Waals surface area contributed by atoms with Gasteiger partial charge in [-0.05, 0) is 41.6 Å². The molecular formula is C22H21F3N6O3. The van der Waals surface area contributed by atoms with E-state index in [1.165, 1.54) is 30.8 Å². The van der Waals surface area contributed by atoms with E-state index in [1.54, 1.807) is 29.2 Å². The molecule has 1 amide bonds. The van der Waals surface area contributed by atoms with Gasteiger partial charge in [-0.2, -0.15) is 18.0 Å². The van der Waals surface area contributed by atoms with Gasteiger partial charge in [-0.25, -0.2) is 0 Å². The van der Waals surface area contributed by atoms with Crippen LogP contribution in [0.5, 0.6) is 0 Å². The predicted molar refractivity (Wildman–Crippen MR) is 115 cm³/mol. The smallest absolute Gasteiger partial charge is 0.416 e. The molecule has 1 fully saturated rings. The number of ether oxygens (including phenoxy) is 1. The van der Waals surface area contributed by atoms with Gasteiger partial charge in [0.05, 0.1) is 18.7 Å². The second-order valence-electron chi connectivity index (χ2n) is 8.04. The molecule has 2 heterocycles. The van der Waals surface area contributed by atoms with Gasteiger partial charge in [-0.3, -0.25) is 9.59 Å². The van der Waals surface area contributed by atoms with Gasteiger partial charge in [0.25, 0.3) is 0 Å². The summed E-state index contributed by atoms with van der Waals surface area (Å²) >= 11 is 0. The maximum Gasteiger partial charge on any atom is 0.416 e. The minimum atomic E-state index is -4.41. The van der Waals surface area contributed by atoms with Gasteiger partial charge in [-0.15, -0.1) is 10.2 Å². The number of hydrogen-bond acceptors (Lipinski definition) is 7. The number of anilines is 2. The fourth-order valence-electron chi connectivity index (χ4n) is 3.73. The first-order valence-electron chi connectivity index (χ1n) is 10.3. The molecule has 34 heavy (non-hydrogen) atoms. The summed E-state index contributed by atoms with van der Waals surface area (Å²) in [5.41, 5.74) is -0.0671. The first-order chi connectivity index (χ1) is 16.0. The van der Waals surface area contributed by atoms with Crippen LogP contribution < -0.4 is 5.32 Å². The largest absolute Gasteiger partial charge is 0.453 e. The van der Waals surface area contributed by atoms with Crippen molar-refractivity contribution in [1.29, 1.82) is 0 Å². The Morgan fingerprint density at radius 3 is 2.38 bits per heavy atom. The highest BCUT2D eigenvalue weighted by Crippen LogP contribution is 2.32. The van der Waals surface area contributed by atoms with E-state index >= 15 is 0 Å². The highest BCUT2D eigenvalue weighted by atomic mass is 19.4. The Bertz CT molecular complexity index is 1200. The van der Waals surface area contributed by atoms with Crippen molar-refractivity contribution in [3.63, 3.8) is 0 Å². The van der Waals surface area contributed by atoms with Gasteiger partial charge in [0, 0.05) is 30.8 Å². The van der Waals surface area contributed by atoms with E-state index in [4.69, 9.17) is 4.74 Å². The topological polar surface area (TPSA) is 102 Å². The van der Waals surface area contributed by atoms with Crippen LogP contribution >= 0.6 is 0 Å². The lowest BCUT2D eigenvalue weighted by Gasteiger charge is -2.47. The minimum absolute atomic E-state index is 0.109. The van der Waals surface area contributed by atoms with Crippen molar-refractivity contribution < 1.29 is 27.5 Å². The molecule has 178 valence electrons. The molecule has 2 aromatic carbocycles. The highest BCUT2D eigenvalue weighted by Gasteiger charge is 2.48. The van der Waals surface area contributed by atoms with Crippen LogP contribution in [0.1, 0.15) is 19.4 Å². The standard InChI is InChI=1S/C22H21F3N6O3/c1-14(32)30-11-21(12-30,34-15(2)33)13-31-28-20(27-29-31)18-5-3-4-6-19(18)26-17-9-7-16(8-10-17)22(23,24)25/h3-10,26H,11-13H2,1-2H3. The molecule has 0 unspecified atom stereocenters. The zero-order chi connectivity index (χ0) is 24.5. The van der Waals surface area contributed by atoms with Crippen molar-refractivity contribution in [2.24, 2.45) is 0 Å². The van der Waals surface area contributed by atoms with Crippen LogP contribution in [0.15, 0.2) is 48.5 Å². The highest BCUT2D eigenvalue weighted by molar-refractivity contribution is 5.77. The van der Waals surface area contributed by atoms with E-state index in [0.29, 0.717) is 16.9 Å². The Kier molecular flexibility index (Phi) is 5.98. The molecular weight excluding hydrogens is 453 g/mol. The molecule has 0 radical (unpaired) electrons. The van der Waals surface area contributed by atoms with Gasteiger partial charge in [0.15, 0.2) is 5.60 Å². The first kappa shape index (κ1) is 23.2. The lowest BCUT2D eigenvalue weighted by molar-refractivity contribution is -0.187. The summed E-state index contributed by atoms with van der Waals surface area (Å²) in [4.78, 5) is 26.0. The maximum absolute atomic E-state index is 12.8. The number of nitrogens with one attached hydrogen (secondary N) is 1. The van der Waals surface area contributed by atoms with Gasteiger partial charge < -0.3 is 15.0 Å². The Labute approximate surface area is 192 Å². The molecule has 0 aliphatic carbocycles. The van der Waals surface area contributed by atoms with Crippen LogP contribution in [0.3, 0.4) is 0 Å². The Morgan fingerprint density at radius 1 is 1.09 bits per heavy atom. The van der Waals surface area contributed by atoms with E-state index in [9.17, 15) is 22.8 Å². The number of para-hydroxylation sites is 1. The fourth-order valence-corrected chi connectivity index (χ4v) is 3.73. The molecule has 4 rings (SSSR count). The quantitative estimate of drug-likeness (QED) is 0.547. The van der Waals surface area contributed by atoms with Crippen LogP contribution in [0.4, 0.5) is 24.5 Å². The predicted octanol–water partition coefficient (Wildman–Crippen LogP) is 3.27. The Balaban J connectivity index is 1.53. The van der Waals surface area contributed by atoms with Crippen LogP contribution in [0, 0.1) is 0 Å². The SMILES string of the molecule is CC(=O)OC1(Cn2nnc(-c3ccccc3Nc3ccc(C(F)(F)F)cc3)n2)CN(C(C)=O)C1. The number of amides is 1. The molecule has 0 spiro atoms. The summed E-state index contributed by atoms with van der Waals surface area (Å²) < 4.78 is 43.9. The number of likely N-dealkylation sites (tertiary alicyclic amines) is 1. The lowest BCUT2D eigenvalue weighted by Crippen LogP contribution is -2.66. The summed E-state index contributed by atoms with van der Waals surface area (Å²) in [6.45, 7) is 3.29. The normalized spacial score (nSPS) is 14.9. The van der Waals surface area contributed by atoms with Gasteiger partial charge in [-0.1, -0.05) is 12.1 Å². The third-order valence-electron chi connectivity index (χ3n) is 5.31. The monoisotopic (exact) mass is 474 g/mol. The number of esters is 1. The fraction of sp³-hybridized carbons (Fsp3) is 0.318. The van der Waals surface area contributed by atoms with Crippen molar-refractivity contribution in [2.75, 3.05) is 18.4 Å². The van der Waals surface area contributed by atoms with E-state index in [-0.39, 0.29) is 31.4 Å². The molecule has 1 aromatic heterocycles. The summed E-state index contributed by atoms with van der Waals surface area (Å²) in [5.74, 6) is -0.330. The molecule has 1 saturated heterocycles. The number of carbonyl (C=O) groups excluding carboxylic acids is 2. The van der Waals surface area contributed by atoms with Crippen molar-refractivity contribution in [3.8, 4) is 11.4 Å². The second-order valence-corrected chi connectivity index (χ2v) is 8.04. The van der Waals surface area contributed by atoms with E-state index in [2.05, 4.69) is 20.7 Å². The molecule has 9 nitrogen and oxygen atoms in total. The molecule has 0 atom stereocenters. The Morgan fingerprint density at radius 2 is 1.76 bits per heavy atom. The van der Waals surface area contributed by atoms with Crippen LogP contribution in [0.25, 0.3) is 11.4 Å². The number of halogens is 3. The van der Waals surface area contributed by atoms with Gasteiger partial charge in [0.2, 0.25) is 11.7 Å². The van der Waals surface area contributed by atoms with Gasteiger partial charge in [0.1, 0.15) is 6.54 Å². The summed E-state index contributed by atoms with van der Waals surface area (Å²) in [7, 11) is 0. The molecule has 1 N–H and O–H groups in total. The molecule has 0 bridgehead atoms. The molecule has 12 heteroatoms. The molecule has 1 aliphatic rings. The minimum Gasteiger partial charge on any atom is -0.453 e. The van der Waals surface area contributed by atoms with Crippen LogP contribution in [-0.2, 0) is 27.0 Å². The average Bonchev–Trinajstić information content (AvgIpc) is 3.19. The van der Waals surface area contributed by atoms with Crippen LogP contribution in [-0.4, -0.2) is 55.7 Å². The summed E-state index contributed by atoms with van der Waals surface area (Å²) in [6, 6.07) is 11.7. The number of tetrazole rings is 1. The molecule has 3 aromatic rings. The van der Waals surface area contributed by atoms with E-state index in [1.807, 2.05) is 0 Å². The molecule has 1 aliphatic heterocycles. The third-order valence-corrected chi connectivity index (χ3v) is 5.31. The summed E-state index contributed by atoms with van der Waals surface area (Å²) in [5, 5.41) is 15.6. The summed E-state index contributed by atoms with van der Waals surface area (Å²) in [6.07, 6.45) is -4.41. The van der Waals surface area contributed by atoms with Crippen molar-refractivity contribution >= 4 is 23.3 Å². The zero-order valence-electron chi connectivity index (χ0n) is 18.3. The third kappa shape index (κ3) is 5.00. The van der Waals surface area contributed by atoms with Crippen molar-refractivity contribution in [3.05, 3.63) is 54.1 Å². The number of benzene rings is 2. The number of carbonyl (C=O) groups is 2. The van der Waals surface area contributed by atoms with E-state index < -0.39 is 23.3 Å². The first-order valence-corrected chi connectivity index (χ1v) is 10.3. The van der Waals surface area contributed by atoms with E-state index in [0.717, 1.165) is 12.1 Å². The number of aromatic nitrogens is 4. The number of nitrogens with zero attached hydrogens (tertiary/aromatic N) is 5. The van der Waals surface area contributed by atoms with Crippen molar-refractivity contribution in [1.82, 2.24) is 25.1 Å². The number of hydrogen-bond donors (Lipinski definition) is 1. The van der Waals surface area contributed by atoms with Gasteiger partial charge >= 0.3 is 12.1 Å². The van der Waals surface area contributed by atoms with Crippen molar-refractivity contribution in [2.45, 2.75) is 32.2 Å². The zero-order valence-corrected chi connectivity index (χ0v) is 18.3. The maximum atomic E-state index is 12.8. The Hall–Kier alpha value is -3.96.